The lowest BCUT2D eigenvalue weighted by molar-refractivity contribution is 0.0677. The average molecular weight is 281 g/mol. The quantitative estimate of drug-likeness (QED) is 0.833. The molecular weight excluding hydrogens is 274 g/mol. The van der Waals surface area contributed by atoms with Gasteiger partial charge in [0.2, 0.25) is 0 Å². The summed E-state index contributed by atoms with van der Waals surface area (Å²) in [7, 11) is 0. The maximum Gasteiger partial charge on any atom is 0.355 e. The molecule has 0 bridgehead atoms. The first-order valence-corrected chi connectivity index (χ1v) is 4.96. The van der Waals surface area contributed by atoms with Crippen LogP contribution in [0.2, 0.25) is 0 Å². The van der Waals surface area contributed by atoms with Crippen molar-refractivity contribution in [2.24, 2.45) is 0 Å². The minimum Gasteiger partial charge on any atom is -0.476 e. The van der Waals surface area contributed by atoms with E-state index in [9.17, 15) is 13.6 Å². The molecule has 1 heterocycles. The van der Waals surface area contributed by atoms with Gasteiger partial charge in [0.1, 0.15) is 5.82 Å². The topological polar surface area (TPSA) is 76.2 Å². The van der Waals surface area contributed by atoms with Crippen LogP contribution in [-0.4, -0.2) is 16.1 Å². The number of hydrogen-bond acceptors (Lipinski definition) is 3. The van der Waals surface area contributed by atoms with Crippen molar-refractivity contribution in [2.45, 2.75) is 11.8 Å². The lowest BCUT2D eigenvalue weighted by Gasteiger charge is -2.10. The molecule has 0 aliphatic rings. The van der Waals surface area contributed by atoms with Crippen LogP contribution in [0.3, 0.4) is 0 Å². The normalized spacial score (nSPS) is 10.7. The summed E-state index contributed by atoms with van der Waals surface area (Å²) in [4.78, 5) is 14.1. The van der Waals surface area contributed by atoms with Gasteiger partial charge in [-0.25, -0.2) is 18.6 Å². The molecule has 0 aliphatic heterocycles. The number of rotatable bonds is 3. The Morgan fingerprint density at radius 3 is 2.67 bits per heavy atom. The van der Waals surface area contributed by atoms with Crippen molar-refractivity contribution in [2.75, 3.05) is 5.73 Å². The number of aromatic nitrogens is 1. The predicted octanol–water partition coefficient (Wildman–Crippen LogP) is 2.19. The van der Waals surface area contributed by atoms with Crippen LogP contribution in [0.25, 0.3) is 0 Å². The highest BCUT2D eigenvalue weighted by Crippen LogP contribution is 2.28. The summed E-state index contributed by atoms with van der Waals surface area (Å²) in [6.45, 7) is 0. The van der Waals surface area contributed by atoms with Gasteiger partial charge >= 0.3 is 5.97 Å². The minimum atomic E-state index is -2.89. The highest BCUT2D eigenvalue weighted by atomic mass is 79.9. The van der Waals surface area contributed by atoms with E-state index in [-0.39, 0.29) is 16.7 Å². The van der Waals surface area contributed by atoms with E-state index in [1.165, 1.54) is 6.07 Å². The molecule has 15 heavy (non-hydrogen) atoms. The fourth-order valence-corrected chi connectivity index (χ4v) is 1.61. The molecule has 0 unspecified atom stereocenters. The molecule has 0 radical (unpaired) electrons. The molecule has 7 heteroatoms. The molecule has 1 aromatic rings. The molecule has 0 spiro atoms. The van der Waals surface area contributed by atoms with Gasteiger partial charge in [-0.15, -0.1) is 0 Å². The smallest absolute Gasteiger partial charge is 0.355 e. The fourth-order valence-electron chi connectivity index (χ4n) is 1.15. The van der Waals surface area contributed by atoms with Gasteiger partial charge in [0, 0.05) is 5.33 Å². The summed E-state index contributed by atoms with van der Waals surface area (Å²) in [6, 6.07) is 1.22. The molecule has 0 atom stereocenters. The molecule has 0 saturated heterocycles. The zero-order valence-corrected chi connectivity index (χ0v) is 8.96. The van der Waals surface area contributed by atoms with E-state index in [0.29, 0.717) is 0 Å². The second-order valence-electron chi connectivity index (χ2n) is 2.71. The van der Waals surface area contributed by atoms with Crippen LogP contribution in [0.4, 0.5) is 14.6 Å². The third-order valence-electron chi connectivity index (χ3n) is 1.73. The van der Waals surface area contributed by atoms with Crippen LogP contribution in [0.15, 0.2) is 6.07 Å². The van der Waals surface area contributed by atoms with Crippen molar-refractivity contribution >= 4 is 27.7 Å². The summed E-state index contributed by atoms with van der Waals surface area (Å²) in [6.07, 6.45) is -2.89. The molecule has 0 fully saturated rings. The fraction of sp³-hybridized carbons (Fsp3) is 0.250. The minimum absolute atomic E-state index is 0.0914. The third kappa shape index (κ3) is 2.41. The van der Waals surface area contributed by atoms with E-state index >= 15 is 0 Å². The first kappa shape index (κ1) is 11.8. The lowest BCUT2D eigenvalue weighted by atomic mass is 10.1. The number of carbonyl (C=O) groups is 1. The standard InChI is InChI=1S/C8H7BrF2N2O2/c9-2-3-1-4(12)13-6(8(14)15)5(3)7(10)11/h1,7H,2H2,(H2,12,13)(H,14,15). The highest BCUT2D eigenvalue weighted by molar-refractivity contribution is 9.08. The third-order valence-corrected chi connectivity index (χ3v) is 2.33. The zero-order chi connectivity index (χ0) is 11.6. The van der Waals surface area contributed by atoms with Crippen LogP contribution in [0.5, 0.6) is 0 Å². The van der Waals surface area contributed by atoms with Crippen molar-refractivity contribution in [1.29, 1.82) is 0 Å². The number of pyridine rings is 1. The van der Waals surface area contributed by atoms with E-state index in [4.69, 9.17) is 10.8 Å². The van der Waals surface area contributed by atoms with Crippen LogP contribution >= 0.6 is 15.9 Å². The molecule has 1 aromatic heterocycles. The van der Waals surface area contributed by atoms with Crippen molar-refractivity contribution in [3.05, 3.63) is 22.9 Å². The molecule has 0 saturated carbocycles. The number of nitrogens with two attached hydrogens (primary N) is 1. The van der Waals surface area contributed by atoms with Crippen LogP contribution in [0.1, 0.15) is 28.0 Å². The Balaban J connectivity index is 3.47. The number of anilines is 1. The Labute approximate surface area is 92.2 Å². The highest BCUT2D eigenvalue weighted by Gasteiger charge is 2.23. The maximum atomic E-state index is 12.6. The van der Waals surface area contributed by atoms with Gasteiger partial charge in [0.25, 0.3) is 6.43 Å². The Bertz CT molecular complexity index is 398. The number of aromatic carboxylic acids is 1. The summed E-state index contributed by atoms with van der Waals surface area (Å²) >= 11 is 2.98. The summed E-state index contributed by atoms with van der Waals surface area (Å²) in [5, 5.41) is 8.79. The molecule has 82 valence electrons. The number of carboxylic acid groups (broad SMARTS) is 1. The first-order valence-electron chi connectivity index (χ1n) is 3.84. The molecule has 0 amide bonds. The second-order valence-corrected chi connectivity index (χ2v) is 3.27. The SMILES string of the molecule is Nc1cc(CBr)c(C(F)F)c(C(=O)O)n1. The monoisotopic (exact) mass is 280 g/mol. The number of alkyl halides is 3. The molecule has 4 nitrogen and oxygen atoms in total. The van der Waals surface area contributed by atoms with Crippen molar-refractivity contribution in [3.63, 3.8) is 0 Å². The van der Waals surface area contributed by atoms with Crippen LogP contribution < -0.4 is 5.73 Å². The van der Waals surface area contributed by atoms with E-state index in [1.54, 1.807) is 0 Å². The van der Waals surface area contributed by atoms with Gasteiger partial charge in [0.05, 0.1) is 5.56 Å². The summed E-state index contributed by atoms with van der Waals surface area (Å²) < 4.78 is 25.2. The number of halogens is 3. The average Bonchev–Trinajstić information content (AvgIpc) is 2.15. The van der Waals surface area contributed by atoms with E-state index in [2.05, 4.69) is 20.9 Å². The lowest BCUT2D eigenvalue weighted by Crippen LogP contribution is -2.11. The molecule has 0 aliphatic carbocycles. The van der Waals surface area contributed by atoms with Gasteiger partial charge in [-0.05, 0) is 11.6 Å². The number of nitrogens with zero attached hydrogens (tertiary/aromatic N) is 1. The van der Waals surface area contributed by atoms with Gasteiger partial charge in [-0.3, -0.25) is 0 Å². The van der Waals surface area contributed by atoms with E-state index in [1.807, 2.05) is 0 Å². The Kier molecular flexibility index (Phi) is 3.57. The largest absolute Gasteiger partial charge is 0.476 e. The molecule has 3 N–H and O–H groups in total. The Morgan fingerprint density at radius 2 is 2.27 bits per heavy atom. The van der Waals surface area contributed by atoms with Crippen molar-refractivity contribution < 1.29 is 18.7 Å². The second kappa shape index (κ2) is 4.52. The van der Waals surface area contributed by atoms with E-state index < -0.39 is 23.7 Å². The summed E-state index contributed by atoms with van der Waals surface area (Å²) in [5.74, 6) is -1.61. The van der Waals surface area contributed by atoms with Gasteiger partial charge in [-0.1, -0.05) is 15.9 Å². The van der Waals surface area contributed by atoms with Gasteiger partial charge in [-0.2, -0.15) is 0 Å². The van der Waals surface area contributed by atoms with Gasteiger partial charge in [0.15, 0.2) is 5.69 Å². The predicted molar refractivity (Wildman–Crippen MR) is 53.2 cm³/mol. The van der Waals surface area contributed by atoms with Crippen molar-refractivity contribution in [1.82, 2.24) is 4.98 Å². The van der Waals surface area contributed by atoms with Crippen LogP contribution in [0, 0.1) is 0 Å². The molecule has 1 rings (SSSR count). The zero-order valence-electron chi connectivity index (χ0n) is 7.38. The number of nitrogen functional groups attached to an aromatic ring is 1. The number of hydrogen-bond donors (Lipinski definition) is 2. The molecular formula is C8H7BrF2N2O2. The number of carboxylic acids is 1. The van der Waals surface area contributed by atoms with E-state index in [0.717, 1.165) is 0 Å². The maximum absolute atomic E-state index is 12.6. The van der Waals surface area contributed by atoms with Gasteiger partial charge < -0.3 is 10.8 Å². The molecule has 0 aromatic carbocycles. The summed E-state index contributed by atoms with van der Waals surface area (Å²) in [5.41, 5.74) is 4.15. The van der Waals surface area contributed by atoms with Crippen LogP contribution in [-0.2, 0) is 5.33 Å². The Morgan fingerprint density at radius 1 is 1.67 bits per heavy atom. The Hall–Kier alpha value is -1.24. The van der Waals surface area contributed by atoms with Crippen molar-refractivity contribution in [3.8, 4) is 0 Å². The first-order chi connectivity index (χ1) is 6.97.